The largest absolute Gasteiger partial charge is 0.391 e. The Bertz CT molecular complexity index is 425. The molecular formula is C12H20N4O3. The molecule has 0 aromatic carbocycles. The van der Waals surface area contributed by atoms with E-state index in [2.05, 4.69) is 15.6 Å². The molecule has 0 aliphatic carbocycles. The molecule has 0 amide bonds. The van der Waals surface area contributed by atoms with Gasteiger partial charge in [-0.2, -0.15) is 0 Å². The minimum Gasteiger partial charge on any atom is -0.391 e. The summed E-state index contributed by atoms with van der Waals surface area (Å²) in [5.74, 6) is 0.763. The first-order valence-corrected chi connectivity index (χ1v) is 6.39. The Balaban J connectivity index is 2.85. The van der Waals surface area contributed by atoms with Gasteiger partial charge in [-0.1, -0.05) is 13.8 Å². The van der Waals surface area contributed by atoms with E-state index >= 15 is 0 Å². The van der Waals surface area contributed by atoms with E-state index in [0.29, 0.717) is 12.2 Å². The molecule has 7 heteroatoms. The summed E-state index contributed by atoms with van der Waals surface area (Å²) in [4.78, 5) is 14.6. The van der Waals surface area contributed by atoms with Gasteiger partial charge in [0.15, 0.2) is 0 Å². The zero-order valence-corrected chi connectivity index (χ0v) is 11.2. The van der Waals surface area contributed by atoms with E-state index in [0.717, 1.165) is 13.0 Å². The second-order valence-electron chi connectivity index (χ2n) is 4.19. The predicted molar refractivity (Wildman–Crippen MR) is 74.5 cm³/mol. The Morgan fingerprint density at radius 3 is 2.74 bits per heavy atom. The third kappa shape index (κ3) is 4.70. The van der Waals surface area contributed by atoms with E-state index in [-0.39, 0.29) is 18.1 Å². The SMILES string of the molecule is CCCNc1ccc([N+](=O)[O-])c(NCC(O)CC)n1. The Labute approximate surface area is 112 Å². The number of nitro groups is 1. The fourth-order valence-electron chi connectivity index (χ4n) is 1.44. The van der Waals surface area contributed by atoms with Crippen LogP contribution in [-0.2, 0) is 0 Å². The van der Waals surface area contributed by atoms with Gasteiger partial charge < -0.3 is 15.7 Å². The van der Waals surface area contributed by atoms with Crippen molar-refractivity contribution in [1.29, 1.82) is 0 Å². The number of nitrogens with zero attached hydrogens (tertiary/aromatic N) is 2. The van der Waals surface area contributed by atoms with Crippen molar-refractivity contribution in [3.63, 3.8) is 0 Å². The lowest BCUT2D eigenvalue weighted by Crippen LogP contribution is -2.19. The summed E-state index contributed by atoms with van der Waals surface area (Å²) < 4.78 is 0. The molecule has 0 saturated heterocycles. The van der Waals surface area contributed by atoms with Crippen molar-refractivity contribution < 1.29 is 10.0 Å². The Hall–Kier alpha value is -1.89. The van der Waals surface area contributed by atoms with Crippen molar-refractivity contribution in [2.45, 2.75) is 32.8 Å². The highest BCUT2D eigenvalue weighted by atomic mass is 16.6. The minimum atomic E-state index is -0.548. The molecule has 0 aliphatic heterocycles. The molecule has 3 N–H and O–H groups in total. The molecule has 0 saturated carbocycles. The normalized spacial score (nSPS) is 11.9. The number of hydrogen-bond donors (Lipinski definition) is 3. The molecule has 106 valence electrons. The molecule has 0 bridgehead atoms. The molecule has 1 unspecified atom stereocenters. The maximum atomic E-state index is 10.9. The van der Waals surface area contributed by atoms with Crippen LogP contribution < -0.4 is 10.6 Å². The average Bonchev–Trinajstić information content (AvgIpc) is 2.42. The highest BCUT2D eigenvalue weighted by Crippen LogP contribution is 2.24. The number of aliphatic hydroxyl groups excluding tert-OH is 1. The van der Waals surface area contributed by atoms with Crippen LogP contribution >= 0.6 is 0 Å². The van der Waals surface area contributed by atoms with Crippen molar-refractivity contribution in [3.8, 4) is 0 Å². The summed E-state index contributed by atoms with van der Waals surface area (Å²) in [6, 6.07) is 2.99. The van der Waals surface area contributed by atoms with Gasteiger partial charge in [0.25, 0.3) is 0 Å². The lowest BCUT2D eigenvalue weighted by Gasteiger charge is -2.11. The fraction of sp³-hybridized carbons (Fsp3) is 0.583. The first kappa shape index (κ1) is 15.2. The topological polar surface area (TPSA) is 100 Å². The Morgan fingerprint density at radius 1 is 1.42 bits per heavy atom. The minimum absolute atomic E-state index is 0.0923. The summed E-state index contributed by atoms with van der Waals surface area (Å²) >= 11 is 0. The second-order valence-corrected chi connectivity index (χ2v) is 4.19. The smallest absolute Gasteiger partial charge is 0.311 e. The number of pyridine rings is 1. The summed E-state index contributed by atoms with van der Waals surface area (Å²) in [6.45, 7) is 4.85. The Kier molecular flexibility index (Phi) is 6.01. The summed E-state index contributed by atoms with van der Waals surface area (Å²) in [5, 5.41) is 26.3. The van der Waals surface area contributed by atoms with Crippen LogP contribution in [0, 0.1) is 10.1 Å². The highest BCUT2D eigenvalue weighted by Gasteiger charge is 2.16. The van der Waals surface area contributed by atoms with Crippen molar-refractivity contribution >= 4 is 17.3 Å². The number of rotatable bonds is 8. The molecule has 1 aromatic heterocycles. The van der Waals surface area contributed by atoms with E-state index < -0.39 is 11.0 Å². The van der Waals surface area contributed by atoms with Gasteiger partial charge in [-0.25, -0.2) is 4.98 Å². The number of aromatic nitrogens is 1. The molecule has 0 fully saturated rings. The molecule has 0 radical (unpaired) electrons. The van der Waals surface area contributed by atoms with Crippen LogP contribution in [0.2, 0.25) is 0 Å². The van der Waals surface area contributed by atoms with Crippen molar-refractivity contribution in [2.24, 2.45) is 0 Å². The van der Waals surface area contributed by atoms with Crippen molar-refractivity contribution in [3.05, 3.63) is 22.2 Å². The van der Waals surface area contributed by atoms with Gasteiger partial charge in [0.05, 0.1) is 11.0 Å². The molecule has 19 heavy (non-hydrogen) atoms. The van der Waals surface area contributed by atoms with Crippen LogP contribution in [0.25, 0.3) is 0 Å². The van der Waals surface area contributed by atoms with Crippen molar-refractivity contribution in [2.75, 3.05) is 23.7 Å². The quantitative estimate of drug-likeness (QED) is 0.492. The molecule has 1 heterocycles. The lowest BCUT2D eigenvalue weighted by atomic mass is 10.3. The van der Waals surface area contributed by atoms with E-state index in [1.165, 1.54) is 6.07 Å². The van der Waals surface area contributed by atoms with Crippen LogP contribution in [0.15, 0.2) is 12.1 Å². The third-order valence-corrected chi connectivity index (χ3v) is 2.60. The summed E-state index contributed by atoms with van der Waals surface area (Å²) in [5.41, 5.74) is -0.0923. The number of nitrogens with one attached hydrogen (secondary N) is 2. The van der Waals surface area contributed by atoms with E-state index in [1.54, 1.807) is 6.07 Å². The zero-order chi connectivity index (χ0) is 14.3. The first-order valence-electron chi connectivity index (χ1n) is 6.39. The van der Waals surface area contributed by atoms with Gasteiger partial charge in [0, 0.05) is 19.2 Å². The van der Waals surface area contributed by atoms with Gasteiger partial charge in [0.2, 0.25) is 5.82 Å². The van der Waals surface area contributed by atoms with Gasteiger partial charge >= 0.3 is 5.69 Å². The predicted octanol–water partition coefficient (Wildman–Crippen LogP) is 1.99. The van der Waals surface area contributed by atoms with Gasteiger partial charge in [-0.05, 0) is 18.9 Å². The molecule has 1 aromatic rings. The maximum absolute atomic E-state index is 10.9. The second kappa shape index (κ2) is 7.52. The molecule has 1 atom stereocenters. The van der Waals surface area contributed by atoms with Crippen molar-refractivity contribution in [1.82, 2.24) is 4.98 Å². The van der Waals surface area contributed by atoms with Gasteiger partial charge in [-0.3, -0.25) is 10.1 Å². The fourth-order valence-corrected chi connectivity index (χ4v) is 1.44. The van der Waals surface area contributed by atoms with Gasteiger partial charge in [0.1, 0.15) is 5.82 Å². The standard InChI is InChI=1S/C12H20N4O3/c1-3-7-13-11-6-5-10(16(18)19)12(15-11)14-8-9(17)4-2/h5-6,9,17H,3-4,7-8H2,1-2H3,(H2,13,14,15). The first-order chi connectivity index (χ1) is 9.08. The van der Waals surface area contributed by atoms with Crippen LogP contribution in [0.4, 0.5) is 17.3 Å². The van der Waals surface area contributed by atoms with Crippen LogP contribution in [0.3, 0.4) is 0 Å². The lowest BCUT2D eigenvalue weighted by molar-refractivity contribution is -0.384. The zero-order valence-electron chi connectivity index (χ0n) is 11.2. The van der Waals surface area contributed by atoms with E-state index in [4.69, 9.17) is 0 Å². The molecule has 0 spiro atoms. The average molecular weight is 268 g/mol. The number of hydrogen-bond acceptors (Lipinski definition) is 6. The molecule has 1 rings (SSSR count). The van der Waals surface area contributed by atoms with Crippen LogP contribution in [0.5, 0.6) is 0 Å². The third-order valence-electron chi connectivity index (χ3n) is 2.60. The maximum Gasteiger partial charge on any atom is 0.311 e. The Morgan fingerprint density at radius 2 is 2.16 bits per heavy atom. The monoisotopic (exact) mass is 268 g/mol. The van der Waals surface area contributed by atoms with Gasteiger partial charge in [-0.15, -0.1) is 0 Å². The number of anilines is 2. The summed E-state index contributed by atoms with van der Waals surface area (Å²) in [6.07, 6.45) is 0.971. The van der Waals surface area contributed by atoms with E-state index in [9.17, 15) is 15.2 Å². The summed E-state index contributed by atoms with van der Waals surface area (Å²) in [7, 11) is 0. The van der Waals surface area contributed by atoms with E-state index in [1.807, 2.05) is 13.8 Å². The molecule has 7 nitrogen and oxygen atoms in total. The molecule has 0 aliphatic rings. The highest BCUT2D eigenvalue weighted by molar-refractivity contribution is 5.60. The molecular weight excluding hydrogens is 248 g/mol. The van der Waals surface area contributed by atoms with Crippen LogP contribution in [-0.4, -0.2) is 34.2 Å². The van der Waals surface area contributed by atoms with Crippen LogP contribution in [0.1, 0.15) is 26.7 Å². The number of aliphatic hydroxyl groups is 1.